The Morgan fingerprint density at radius 3 is 2.32 bits per heavy atom. The summed E-state index contributed by atoms with van der Waals surface area (Å²) in [5.74, 6) is -0.239. The molecule has 0 saturated heterocycles. The van der Waals surface area contributed by atoms with E-state index in [1.54, 1.807) is 18.2 Å². The van der Waals surface area contributed by atoms with E-state index < -0.39 is 6.10 Å². The lowest BCUT2D eigenvalue weighted by atomic mass is 10.1. The molecule has 100 valence electrons. The number of hydrogen-bond acceptors (Lipinski definition) is 2. The van der Waals surface area contributed by atoms with E-state index in [1.807, 2.05) is 6.92 Å². The molecule has 0 aliphatic rings. The molecule has 0 heterocycles. The van der Waals surface area contributed by atoms with Crippen molar-refractivity contribution in [3.8, 4) is 5.75 Å². The molecule has 4 heteroatoms. The van der Waals surface area contributed by atoms with Crippen LogP contribution in [0, 0.1) is 18.6 Å². The first-order valence-electron chi connectivity index (χ1n) is 5.98. The Labute approximate surface area is 110 Å². The maximum Gasteiger partial charge on any atom is 0.136 e. The second kappa shape index (κ2) is 5.80. The van der Waals surface area contributed by atoms with Crippen LogP contribution in [0.3, 0.4) is 0 Å². The van der Waals surface area contributed by atoms with E-state index in [4.69, 9.17) is 10.5 Å². The van der Waals surface area contributed by atoms with Crippen LogP contribution in [0.5, 0.6) is 5.75 Å². The fraction of sp³-hybridized carbons (Fsp3) is 0.200. The monoisotopic (exact) mass is 263 g/mol. The minimum absolute atomic E-state index is 0.224. The molecule has 0 fully saturated rings. The van der Waals surface area contributed by atoms with Crippen LogP contribution < -0.4 is 10.5 Å². The molecule has 2 nitrogen and oxygen atoms in total. The summed E-state index contributed by atoms with van der Waals surface area (Å²) < 4.78 is 31.8. The van der Waals surface area contributed by atoms with Gasteiger partial charge in [-0.05, 0) is 36.2 Å². The number of aryl methyl sites for hydroxylation is 1. The molecule has 19 heavy (non-hydrogen) atoms. The molecule has 2 aromatic rings. The second-order valence-electron chi connectivity index (χ2n) is 4.30. The average Bonchev–Trinajstić information content (AvgIpc) is 2.41. The average molecular weight is 263 g/mol. The van der Waals surface area contributed by atoms with E-state index in [2.05, 4.69) is 0 Å². The van der Waals surface area contributed by atoms with Gasteiger partial charge in [0.2, 0.25) is 0 Å². The largest absolute Gasteiger partial charge is 0.484 e. The standard InChI is InChI=1S/C15H15F2NO/c1-10-2-5-13(17)8-14(10)19-15(9-18)11-3-6-12(16)7-4-11/h2-8,15H,9,18H2,1H3. The normalized spacial score (nSPS) is 12.2. The fourth-order valence-corrected chi connectivity index (χ4v) is 1.78. The van der Waals surface area contributed by atoms with E-state index in [0.29, 0.717) is 5.75 Å². The summed E-state index contributed by atoms with van der Waals surface area (Å²) >= 11 is 0. The highest BCUT2D eigenvalue weighted by molar-refractivity contribution is 5.33. The third-order valence-corrected chi connectivity index (χ3v) is 2.88. The van der Waals surface area contributed by atoms with Crippen LogP contribution in [-0.2, 0) is 0 Å². The van der Waals surface area contributed by atoms with Crippen molar-refractivity contribution in [2.75, 3.05) is 6.54 Å². The highest BCUT2D eigenvalue weighted by atomic mass is 19.1. The molecule has 1 unspecified atom stereocenters. The highest BCUT2D eigenvalue weighted by Crippen LogP contribution is 2.25. The van der Waals surface area contributed by atoms with Crippen molar-refractivity contribution < 1.29 is 13.5 Å². The van der Waals surface area contributed by atoms with Gasteiger partial charge in [0.15, 0.2) is 0 Å². The molecule has 0 aliphatic heterocycles. The number of ether oxygens (including phenoxy) is 1. The van der Waals surface area contributed by atoms with E-state index >= 15 is 0 Å². The maximum atomic E-state index is 13.2. The van der Waals surface area contributed by atoms with Crippen molar-refractivity contribution in [2.24, 2.45) is 5.73 Å². The Kier molecular flexibility index (Phi) is 4.12. The Morgan fingerprint density at radius 2 is 1.68 bits per heavy atom. The van der Waals surface area contributed by atoms with Crippen LogP contribution >= 0.6 is 0 Å². The number of nitrogens with two attached hydrogens (primary N) is 1. The lowest BCUT2D eigenvalue weighted by molar-refractivity contribution is 0.212. The SMILES string of the molecule is Cc1ccc(F)cc1OC(CN)c1ccc(F)cc1. The van der Waals surface area contributed by atoms with E-state index in [0.717, 1.165) is 11.1 Å². The molecule has 0 bridgehead atoms. The third kappa shape index (κ3) is 3.29. The minimum Gasteiger partial charge on any atom is -0.484 e. The van der Waals surface area contributed by atoms with Gasteiger partial charge in [-0.2, -0.15) is 0 Å². The first-order valence-corrected chi connectivity index (χ1v) is 5.98. The van der Waals surface area contributed by atoms with E-state index in [1.165, 1.54) is 24.3 Å². The topological polar surface area (TPSA) is 35.2 Å². The molecule has 2 rings (SSSR count). The van der Waals surface area contributed by atoms with Crippen LogP contribution in [0.25, 0.3) is 0 Å². The Balaban J connectivity index is 2.23. The molecule has 0 spiro atoms. The molecule has 0 aliphatic carbocycles. The van der Waals surface area contributed by atoms with Crippen molar-refractivity contribution in [1.82, 2.24) is 0 Å². The lowest BCUT2D eigenvalue weighted by Gasteiger charge is -2.19. The lowest BCUT2D eigenvalue weighted by Crippen LogP contribution is -2.18. The predicted molar refractivity (Wildman–Crippen MR) is 70.0 cm³/mol. The maximum absolute atomic E-state index is 13.2. The van der Waals surface area contributed by atoms with Crippen molar-refractivity contribution in [1.29, 1.82) is 0 Å². The Bertz CT molecular complexity index is 555. The van der Waals surface area contributed by atoms with Gasteiger partial charge in [-0.3, -0.25) is 0 Å². The zero-order valence-electron chi connectivity index (χ0n) is 10.6. The van der Waals surface area contributed by atoms with Crippen LogP contribution in [0.2, 0.25) is 0 Å². The second-order valence-corrected chi connectivity index (χ2v) is 4.30. The zero-order chi connectivity index (χ0) is 13.8. The molecule has 1 atom stereocenters. The smallest absolute Gasteiger partial charge is 0.136 e. The first-order chi connectivity index (χ1) is 9.10. The molecular weight excluding hydrogens is 248 g/mol. The highest BCUT2D eigenvalue weighted by Gasteiger charge is 2.13. The zero-order valence-corrected chi connectivity index (χ0v) is 10.6. The minimum atomic E-state index is -0.430. The fourth-order valence-electron chi connectivity index (χ4n) is 1.78. The number of benzene rings is 2. The van der Waals surface area contributed by atoms with Gasteiger partial charge in [-0.1, -0.05) is 18.2 Å². The Hall–Kier alpha value is -1.94. The van der Waals surface area contributed by atoms with Gasteiger partial charge in [-0.25, -0.2) is 8.78 Å². The number of halogens is 2. The van der Waals surface area contributed by atoms with Gasteiger partial charge < -0.3 is 10.5 Å². The van der Waals surface area contributed by atoms with Crippen molar-refractivity contribution in [3.05, 3.63) is 65.2 Å². The number of rotatable bonds is 4. The van der Waals surface area contributed by atoms with Gasteiger partial charge in [0, 0.05) is 12.6 Å². The molecule has 2 N–H and O–H groups in total. The molecule has 0 radical (unpaired) electrons. The van der Waals surface area contributed by atoms with Crippen LogP contribution in [-0.4, -0.2) is 6.54 Å². The van der Waals surface area contributed by atoms with E-state index in [-0.39, 0.29) is 18.2 Å². The van der Waals surface area contributed by atoms with Gasteiger partial charge in [0.05, 0.1) is 0 Å². The third-order valence-electron chi connectivity index (χ3n) is 2.88. The van der Waals surface area contributed by atoms with Crippen LogP contribution in [0.1, 0.15) is 17.2 Å². The first kappa shape index (κ1) is 13.5. The molecule has 2 aromatic carbocycles. The quantitative estimate of drug-likeness (QED) is 0.918. The van der Waals surface area contributed by atoms with Crippen molar-refractivity contribution in [3.63, 3.8) is 0 Å². The summed E-state index contributed by atoms with van der Waals surface area (Å²) in [5, 5.41) is 0. The number of hydrogen-bond donors (Lipinski definition) is 1. The Morgan fingerprint density at radius 1 is 1.05 bits per heavy atom. The summed E-state index contributed by atoms with van der Waals surface area (Å²) in [6.07, 6.45) is -0.430. The predicted octanol–water partition coefficient (Wildman–Crippen LogP) is 3.35. The van der Waals surface area contributed by atoms with Crippen LogP contribution in [0.4, 0.5) is 8.78 Å². The van der Waals surface area contributed by atoms with Gasteiger partial charge in [0.1, 0.15) is 23.5 Å². The van der Waals surface area contributed by atoms with Crippen molar-refractivity contribution in [2.45, 2.75) is 13.0 Å². The molecule has 0 saturated carbocycles. The molecular formula is C15H15F2NO. The molecule has 0 aromatic heterocycles. The summed E-state index contributed by atoms with van der Waals surface area (Å²) in [5.41, 5.74) is 7.24. The van der Waals surface area contributed by atoms with Crippen molar-refractivity contribution >= 4 is 0 Å². The molecule has 0 amide bonds. The van der Waals surface area contributed by atoms with Gasteiger partial charge >= 0.3 is 0 Å². The summed E-state index contributed by atoms with van der Waals surface area (Å²) in [7, 11) is 0. The van der Waals surface area contributed by atoms with Crippen LogP contribution in [0.15, 0.2) is 42.5 Å². The summed E-state index contributed by atoms with van der Waals surface area (Å²) in [4.78, 5) is 0. The van der Waals surface area contributed by atoms with Gasteiger partial charge in [0.25, 0.3) is 0 Å². The summed E-state index contributed by atoms with van der Waals surface area (Å²) in [6, 6.07) is 10.3. The van der Waals surface area contributed by atoms with E-state index in [9.17, 15) is 8.78 Å². The van der Waals surface area contributed by atoms with Gasteiger partial charge in [-0.15, -0.1) is 0 Å². The summed E-state index contributed by atoms with van der Waals surface area (Å²) in [6.45, 7) is 2.05.